The van der Waals surface area contributed by atoms with Crippen LogP contribution in [0.4, 0.5) is 4.39 Å². The van der Waals surface area contributed by atoms with Crippen molar-refractivity contribution in [1.82, 2.24) is 15.5 Å². The van der Waals surface area contributed by atoms with E-state index in [4.69, 9.17) is 9.47 Å². The number of carbonyl (C=O) groups excluding carboxylic acids is 1. The zero-order valence-electron chi connectivity index (χ0n) is 22.1. The molecule has 3 aliphatic heterocycles. The topological polar surface area (TPSA) is 86.6 Å². The maximum absolute atomic E-state index is 15.3. The Morgan fingerprint density at radius 1 is 1.21 bits per heavy atom. The van der Waals surface area contributed by atoms with Gasteiger partial charge >= 0.3 is 0 Å². The maximum atomic E-state index is 15.3. The van der Waals surface area contributed by atoms with Crippen molar-refractivity contribution in [2.45, 2.75) is 49.3 Å². The Morgan fingerprint density at radius 2 is 2.00 bits per heavy atom. The molecule has 7 nitrogen and oxygen atoms in total. The van der Waals surface area contributed by atoms with Crippen molar-refractivity contribution < 1.29 is 18.7 Å². The maximum Gasteiger partial charge on any atom is 0.251 e. The molecule has 2 aromatic rings. The van der Waals surface area contributed by atoms with Gasteiger partial charge in [0, 0.05) is 25.0 Å². The fourth-order valence-electron chi connectivity index (χ4n) is 6.20. The van der Waals surface area contributed by atoms with Crippen LogP contribution in [0.5, 0.6) is 0 Å². The summed E-state index contributed by atoms with van der Waals surface area (Å²) in [4.78, 5) is 15.1. The number of nitrogens with one attached hydrogen (secondary N) is 2. The first-order valence-electron chi connectivity index (χ1n) is 14.0. The van der Waals surface area contributed by atoms with Gasteiger partial charge in [-0.2, -0.15) is 5.26 Å². The van der Waals surface area contributed by atoms with Gasteiger partial charge in [-0.25, -0.2) is 4.39 Å². The van der Waals surface area contributed by atoms with E-state index < -0.39 is 12.1 Å². The molecular weight excluding hydrogens is 495 g/mol. The first-order valence-corrected chi connectivity index (χ1v) is 14.0. The summed E-state index contributed by atoms with van der Waals surface area (Å²) in [5, 5.41) is 15.5. The summed E-state index contributed by atoms with van der Waals surface area (Å²) < 4.78 is 26.2. The van der Waals surface area contributed by atoms with Gasteiger partial charge in [0.15, 0.2) is 0 Å². The van der Waals surface area contributed by atoms with Gasteiger partial charge < -0.3 is 20.1 Å². The first kappa shape index (κ1) is 26.1. The highest BCUT2D eigenvalue weighted by Crippen LogP contribution is 2.45. The summed E-state index contributed by atoms with van der Waals surface area (Å²) in [6.45, 7) is 5.50. The molecule has 4 aliphatic rings. The predicted molar refractivity (Wildman–Crippen MR) is 146 cm³/mol. The van der Waals surface area contributed by atoms with Crippen LogP contribution in [0.1, 0.15) is 36.0 Å². The van der Waals surface area contributed by atoms with Gasteiger partial charge in [0.25, 0.3) is 5.91 Å². The molecule has 2 atom stereocenters. The molecule has 204 valence electrons. The summed E-state index contributed by atoms with van der Waals surface area (Å²) in [7, 11) is 0. The number of halogens is 1. The number of ether oxygens (including phenoxy) is 2. The molecule has 1 amide bonds. The number of hydrogen-bond acceptors (Lipinski definition) is 6. The standard InChI is InChI=1S/C31H35FN4O3/c32-28-16-23(4-5-24(28)14-25(17-33)35-30(37)29-18-34-10-1-13-39-29)22-3-2-21-6-7-31(27(21)15-22)8-11-36(12-9-31)26-19-38-20-26/h2-7,15-16,25-26,29,34H,1,8-14,18-20H2,(H,35,37)/t25-,29-/m0/s1. The van der Waals surface area contributed by atoms with E-state index in [1.807, 2.05) is 6.07 Å². The van der Waals surface area contributed by atoms with E-state index in [-0.39, 0.29) is 23.6 Å². The zero-order valence-corrected chi connectivity index (χ0v) is 22.1. The molecule has 8 heteroatoms. The minimum Gasteiger partial charge on any atom is -0.378 e. The van der Waals surface area contributed by atoms with Crippen molar-refractivity contribution >= 4 is 12.0 Å². The van der Waals surface area contributed by atoms with Crippen LogP contribution in [0.2, 0.25) is 0 Å². The number of nitriles is 1. The van der Waals surface area contributed by atoms with Crippen LogP contribution in [0.25, 0.3) is 17.2 Å². The lowest BCUT2D eigenvalue weighted by atomic mass is 9.73. The molecule has 0 bridgehead atoms. The van der Waals surface area contributed by atoms with Gasteiger partial charge in [0.2, 0.25) is 0 Å². The highest BCUT2D eigenvalue weighted by atomic mass is 19.1. The highest BCUT2D eigenvalue weighted by Gasteiger charge is 2.40. The van der Waals surface area contributed by atoms with Crippen LogP contribution in [-0.4, -0.2) is 75.0 Å². The molecule has 0 unspecified atom stereocenters. The zero-order chi connectivity index (χ0) is 26.8. The van der Waals surface area contributed by atoms with E-state index in [0.29, 0.717) is 24.8 Å². The third-order valence-electron chi connectivity index (χ3n) is 8.72. The fourth-order valence-corrected chi connectivity index (χ4v) is 6.20. The molecular formula is C31H35FN4O3. The van der Waals surface area contributed by atoms with E-state index in [1.54, 1.807) is 12.1 Å². The first-order chi connectivity index (χ1) is 19.0. The Kier molecular flexibility index (Phi) is 7.50. The van der Waals surface area contributed by atoms with Gasteiger partial charge in [-0.3, -0.25) is 9.69 Å². The Bertz CT molecular complexity index is 1290. The van der Waals surface area contributed by atoms with Gasteiger partial charge in [-0.1, -0.05) is 36.4 Å². The quantitative estimate of drug-likeness (QED) is 0.597. The van der Waals surface area contributed by atoms with Gasteiger partial charge in [-0.15, -0.1) is 0 Å². The molecule has 3 heterocycles. The molecule has 39 heavy (non-hydrogen) atoms. The molecule has 1 aliphatic carbocycles. The molecule has 0 radical (unpaired) electrons. The van der Waals surface area contributed by atoms with Crippen LogP contribution in [-0.2, 0) is 26.1 Å². The van der Waals surface area contributed by atoms with E-state index in [9.17, 15) is 10.1 Å². The van der Waals surface area contributed by atoms with E-state index in [1.165, 1.54) is 11.1 Å². The summed E-state index contributed by atoms with van der Waals surface area (Å²) in [6, 6.07) is 13.4. The summed E-state index contributed by atoms with van der Waals surface area (Å²) in [5.74, 6) is -0.723. The number of nitrogens with zero attached hydrogens (tertiary/aromatic N) is 2. The summed E-state index contributed by atoms with van der Waals surface area (Å²) in [5.41, 5.74) is 4.81. The number of likely N-dealkylation sites (tertiary alicyclic amines) is 1. The van der Waals surface area contributed by atoms with E-state index >= 15 is 4.39 Å². The molecule has 1 spiro atoms. The monoisotopic (exact) mass is 530 g/mol. The van der Waals surface area contributed by atoms with Gasteiger partial charge in [-0.05, 0) is 78.8 Å². The lowest BCUT2D eigenvalue weighted by molar-refractivity contribution is -0.132. The van der Waals surface area contributed by atoms with E-state index in [0.717, 1.165) is 63.2 Å². The molecule has 0 aromatic heterocycles. The molecule has 6 rings (SSSR count). The van der Waals surface area contributed by atoms with Crippen LogP contribution in [0, 0.1) is 17.1 Å². The molecule has 3 fully saturated rings. The van der Waals surface area contributed by atoms with Crippen molar-refractivity contribution in [3.05, 3.63) is 65.0 Å². The highest BCUT2D eigenvalue weighted by molar-refractivity contribution is 5.81. The minimum atomic E-state index is -0.840. The molecule has 2 aromatic carbocycles. The van der Waals surface area contributed by atoms with Crippen molar-refractivity contribution in [1.29, 1.82) is 5.26 Å². The minimum absolute atomic E-state index is 0.0414. The van der Waals surface area contributed by atoms with Crippen molar-refractivity contribution in [2.75, 3.05) is 46.0 Å². The van der Waals surface area contributed by atoms with Crippen molar-refractivity contribution in [3.8, 4) is 17.2 Å². The fraction of sp³-hybridized carbons (Fsp3) is 0.484. The van der Waals surface area contributed by atoms with Crippen LogP contribution in [0.15, 0.2) is 42.5 Å². The number of rotatable bonds is 6. The Hall–Kier alpha value is -3.09. The molecule has 0 saturated carbocycles. The third-order valence-corrected chi connectivity index (χ3v) is 8.72. The smallest absolute Gasteiger partial charge is 0.251 e. The lowest BCUT2D eigenvalue weighted by Crippen LogP contribution is -2.53. The number of allylic oxidation sites excluding steroid dienone is 1. The molecule has 2 N–H and O–H groups in total. The van der Waals surface area contributed by atoms with Crippen LogP contribution >= 0.6 is 0 Å². The van der Waals surface area contributed by atoms with Gasteiger partial charge in [0.05, 0.1) is 25.3 Å². The van der Waals surface area contributed by atoms with E-state index in [2.05, 4.69) is 52.0 Å². The summed E-state index contributed by atoms with van der Waals surface area (Å²) in [6.07, 6.45) is 7.03. The Morgan fingerprint density at radius 3 is 2.74 bits per heavy atom. The second-order valence-electron chi connectivity index (χ2n) is 11.1. The SMILES string of the molecule is N#C[C@H](Cc1ccc(-c2ccc3c(c2)C2(C=C3)CCN(C3COC3)CC2)cc1F)NC(=O)[C@@H]1CNCCCO1. The number of piperidine rings is 1. The Balaban J connectivity index is 1.14. The second kappa shape index (κ2) is 11.2. The number of hydrogen-bond donors (Lipinski definition) is 2. The third kappa shape index (κ3) is 5.37. The van der Waals surface area contributed by atoms with Crippen LogP contribution in [0.3, 0.4) is 0 Å². The van der Waals surface area contributed by atoms with Crippen molar-refractivity contribution in [3.63, 3.8) is 0 Å². The summed E-state index contributed by atoms with van der Waals surface area (Å²) >= 11 is 0. The lowest BCUT2D eigenvalue weighted by Gasteiger charge is -2.45. The number of amides is 1. The number of fused-ring (bicyclic) bond motifs is 2. The normalized spacial score (nSPS) is 23.4. The molecule has 3 saturated heterocycles. The average Bonchev–Trinajstić information content (AvgIpc) is 3.08. The van der Waals surface area contributed by atoms with Crippen LogP contribution < -0.4 is 10.6 Å². The number of benzene rings is 2. The van der Waals surface area contributed by atoms with Gasteiger partial charge in [0.1, 0.15) is 18.0 Å². The number of carbonyl (C=O) groups is 1. The average molecular weight is 531 g/mol. The largest absolute Gasteiger partial charge is 0.378 e. The van der Waals surface area contributed by atoms with Crippen molar-refractivity contribution in [2.24, 2.45) is 0 Å². The predicted octanol–water partition coefficient (Wildman–Crippen LogP) is 3.18. The Labute approximate surface area is 229 Å². The second-order valence-corrected chi connectivity index (χ2v) is 11.1.